The van der Waals surface area contributed by atoms with Gasteiger partial charge in [-0.15, -0.1) is 0 Å². The van der Waals surface area contributed by atoms with E-state index in [2.05, 4.69) is 11.2 Å². The number of ether oxygens (including phenoxy) is 1. The number of aryl methyl sites for hydroxylation is 1. The molecule has 26 heavy (non-hydrogen) atoms. The number of halogens is 1. The normalized spacial score (nSPS) is 21.0. The minimum absolute atomic E-state index is 0.0120. The maximum atomic E-state index is 14.5. The predicted molar refractivity (Wildman–Crippen MR) is 97.6 cm³/mol. The first-order valence-corrected chi connectivity index (χ1v) is 8.96. The fraction of sp³-hybridized carbons (Fsp3) is 0.333. The van der Waals surface area contributed by atoms with Gasteiger partial charge in [0.2, 0.25) is 5.91 Å². The van der Waals surface area contributed by atoms with E-state index in [1.807, 2.05) is 18.2 Å². The van der Waals surface area contributed by atoms with Gasteiger partial charge in [-0.25, -0.2) is 9.40 Å². The molecule has 0 radical (unpaired) electrons. The molecule has 4 rings (SSSR count). The van der Waals surface area contributed by atoms with Crippen molar-refractivity contribution in [1.29, 1.82) is 0 Å². The quantitative estimate of drug-likeness (QED) is 0.835. The average molecular weight is 352 g/mol. The van der Waals surface area contributed by atoms with Crippen LogP contribution < -0.4 is 4.74 Å². The number of hydrazone groups is 1. The molecule has 4 nitrogen and oxygen atoms in total. The molecule has 0 fully saturated rings. The summed E-state index contributed by atoms with van der Waals surface area (Å²) in [7, 11) is 1.63. The number of rotatable bonds is 3. The Bertz CT molecular complexity index is 893. The van der Waals surface area contributed by atoms with Gasteiger partial charge >= 0.3 is 0 Å². The van der Waals surface area contributed by atoms with Crippen LogP contribution in [-0.2, 0) is 11.2 Å². The summed E-state index contributed by atoms with van der Waals surface area (Å²) in [6.07, 6.45) is 2.05. The maximum Gasteiger partial charge on any atom is 0.242 e. The molecule has 1 heterocycles. The molecule has 1 aliphatic heterocycles. The van der Waals surface area contributed by atoms with Gasteiger partial charge in [-0.2, -0.15) is 5.10 Å². The van der Waals surface area contributed by atoms with Crippen LogP contribution in [0.4, 0.5) is 4.39 Å². The van der Waals surface area contributed by atoms with E-state index < -0.39 is 6.04 Å². The number of amides is 1. The molecule has 1 aliphatic carbocycles. The lowest BCUT2D eigenvalue weighted by atomic mass is 9.77. The lowest BCUT2D eigenvalue weighted by Gasteiger charge is -2.29. The second kappa shape index (κ2) is 6.56. The van der Waals surface area contributed by atoms with Crippen LogP contribution in [0, 0.1) is 11.7 Å². The van der Waals surface area contributed by atoms with Gasteiger partial charge in [0, 0.05) is 23.5 Å². The van der Waals surface area contributed by atoms with E-state index in [-0.39, 0.29) is 17.6 Å². The van der Waals surface area contributed by atoms with Gasteiger partial charge in [0.05, 0.1) is 18.9 Å². The van der Waals surface area contributed by atoms with Crippen LogP contribution in [0.25, 0.3) is 0 Å². The molecular formula is C21H21FN2O2. The Labute approximate surface area is 152 Å². The molecule has 1 amide bonds. The van der Waals surface area contributed by atoms with Crippen molar-refractivity contribution in [1.82, 2.24) is 5.01 Å². The smallest absolute Gasteiger partial charge is 0.242 e. The van der Waals surface area contributed by atoms with E-state index in [1.165, 1.54) is 16.6 Å². The molecule has 2 aromatic carbocycles. The van der Waals surface area contributed by atoms with Crippen molar-refractivity contribution in [2.24, 2.45) is 11.0 Å². The van der Waals surface area contributed by atoms with Gasteiger partial charge in [-0.3, -0.25) is 4.79 Å². The summed E-state index contributed by atoms with van der Waals surface area (Å²) >= 11 is 0. The van der Waals surface area contributed by atoms with E-state index in [4.69, 9.17) is 4.74 Å². The fourth-order valence-electron chi connectivity index (χ4n) is 4.01. The van der Waals surface area contributed by atoms with Crippen LogP contribution in [0.5, 0.6) is 5.75 Å². The number of carbonyl (C=O) groups is 1. The van der Waals surface area contributed by atoms with Gasteiger partial charge in [0.1, 0.15) is 11.6 Å². The third kappa shape index (κ3) is 2.59. The van der Waals surface area contributed by atoms with Crippen molar-refractivity contribution >= 4 is 11.6 Å². The molecule has 134 valence electrons. The molecule has 2 atom stereocenters. The average Bonchev–Trinajstić information content (AvgIpc) is 3.07. The summed E-state index contributed by atoms with van der Waals surface area (Å²) in [5.41, 5.74) is 3.59. The van der Waals surface area contributed by atoms with Gasteiger partial charge in [-0.1, -0.05) is 31.2 Å². The number of methoxy groups -OCH3 is 1. The number of hydrogen-bond donors (Lipinski definition) is 0. The number of nitrogens with zero attached hydrogens (tertiary/aromatic N) is 2. The largest absolute Gasteiger partial charge is 0.497 e. The van der Waals surface area contributed by atoms with Gasteiger partial charge in [0.25, 0.3) is 0 Å². The summed E-state index contributed by atoms with van der Waals surface area (Å²) in [4.78, 5) is 12.6. The van der Waals surface area contributed by atoms with Crippen LogP contribution in [0.1, 0.15) is 42.5 Å². The Morgan fingerprint density at radius 3 is 2.85 bits per heavy atom. The monoisotopic (exact) mass is 352 g/mol. The van der Waals surface area contributed by atoms with E-state index in [1.54, 1.807) is 26.2 Å². The molecule has 0 saturated carbocycles. The molecule has 2 aromatic rings. The first kappa shape index (κ1) is 16.8. The third-order valence-electron chi connectivity index (χ3n) is 5.31. The van der Waals surface area contributed by atoms with Crippen molar-refractivity contribution in [2.75, 3.05) is 7.11 Å². The summed E-state index contributed by atoms with van der Waals surface area (Å²) in [6.45, 7) is 1.81. The van der Waals surface area contributed by atoms with Crippen LogP contribution in [0.2, 0.25) is 0 Å². The van der Waals surface area contributed by atoms with E-state index in [0.717, 1.165) is 29.9 Å². The summed E-state index contributed by atoms with van der Waals surface area (Å²) < 4.78 is 19.9. The number of fused-ring (bicyclic) bond motifs is 3. The summed E-state index contributed by atoms with van der Waals surface area (Å²) in [5.74, 6) is 0.362. The van der Waals surface area contributed by atoms with Gasteiger partial charge in [-0.05, 0) is 36.6 Å². The highest BCUT2D eigenvalue weighted by Gasteiger charge is 2.44. The Kier molecular flexibility index (Phi) is 4.23. The first-order valence-electron chi connectivity index (χ1n) is 8.96. The Hall–Kier alpha value is -2.69. The van der Waals surface area contributed by atoms with Crippen LogP contribution >= 0.6 is 0 Å². The molecule has 0 N–H and O–H groups in total. The Morgan fingerprint density at radius 1 is 1.31 bits per heavy atom. The second-order valence-electron chi connectivity index (χ2n) is 6.71. The topological polar surface area (TPSA) is 41.9 Å². The highest BCUT2D eigenvalue weighted by atomic mass is 19.1. The van der Waals surface area contributed by atoms with Gasteiger partial charge in [0.15, 0.2) is 0 Å². The van der Waals surface area contributed by atoms with Crippen molar-refractivity contribution in [3.05, 3.63) is 65.0 Å². The molecule has 5 heteroatoms. The van der Waals surface area contributed by atoms with Crippen molar-refractivity contribution < 1.29 is 13.9 Å². The van der Waals surface area contributed by atoms with E-state index in [0.29, 0.717) is 12.0 Å². The van der Waals surface area contributed by atoms with Crippen LogP contribution in [0.3, 0.4) is 0 Å². The van der Waals surface area contributed by atoms with Crippen LogP contribution in [0.15, 0.2) is 47.6 Å². The van der Waals surface area contributed by atoms with E-state index >= 15 is 0 Å². The highest BCUT2D eigenvalue weighted by Crippen LogP contribution is 2.44. The maximum absolute atomic E-state index is 14.5. The Balaban J connectivity index is 1.84. The van der Waals surface area contributed by atoms with Crippen molar-refractivity contribution in [3.63, 3.8) is 0 Å². The zero-order valence-corrected chi connectivity index (χ0v) is 14.9. The van der Waals surface area contributed by atoms with E-state index in [9.17, 15) is 9.18 Å². The Morgan fingerprint density at radius 2 is 2.12 bits per heavy atom. The minimum Gasteiger partial charge on any atom is -0.497 e. The molecule has 0 spiro atoms. The predicted octanol–water partition coefficient (Wildman–Crippen LogP) is 4.09. The van der Waals surface area contributed by atoms with Gasteiger partial charge < -0.3 is 4.74 Å². The molecule has 2 aliphatic rings. The number of benzene rings is 2. The summed E-state index contributed by atoms with van der Waals surface area (Å²) in [5, 5.41) is 6.17. The lowest BCUT2D eigenvalue weighted by Crippen LogP contribution is -2.32. The second-order valence-corrected chi connectivity index (χ2v) is 6.71. The SMILES string of the molecule is CCC(=O)N1N=C2c3cc(OC)ccc3CCC2C1c1ccccc1F. The third-order valence-corrected chi connectivity index (χ3v) is 5.31. The van der Waals surface area contributed by atoms with Crippen LogP contribution in [-0.4, -0.2) is 23.7 Å². The summed E-state index contributed by atoms with van der Waals surface area (Å²) in [6, 6.07) is 12.3. The standard InChI is InChI=1S/C21H21FN2O2/c1-3-19(25)24-21(15-6-4-5-7-18(15)22)16-11-9-13-8-10-14(26-2)12-17(13)20(16)23-24/h4-8,10,12,16,21H,3,9,11H2,1-2H3. The fourth-order valence-corrected chi connectivity index (χ4v) is 4.01. The molecule has 0 bridgehead atoms. The van der Waals surface area contributed by atoms with Crippen molar-refractivity contribution in [3.8, 4) is 5.75 Å². The highest BCUT2D eigenvalue weighted by molar-refractivity contribution is 6.07. The molecule has 0 saturated heterocycles. The molecule has 2 unspecified atom stereocenters. The number of carbonyl (C=O) groups excluding carboxylic acids is 1. The zero-order chi connectivity index (χ0) is 18.3. The lowest BCUT2D eigenvalue weighted by molar-refractivity contribution is -0.133. The van der Waals surface area contributed by atoms with Crippen molar-refractivity contribution in [2.45, 2.75) is 32.2 Å². The minimum atomic E-state index is -0.391. The molecule has 0 aromatic heterocycles. The first-order chi connectivity index (χ1) is 12.6. The molecular weight excluding hydrogens is 331 g/mol. The number of hydrogen-bond acceptors (Lipinski definition) is 3. The zero-order valence-electron chi connectivity index (χ0n) is 14.9.